The molecule has 1 aliphatic heterocycles. The molecule has 1 aliphatic rings. The fourth-order valence-corrected chi connectivity index (χ4v) is 2.80. The van der Waals surface area contributed by atoms with Crippen LogP contribution < -0.4 is 4.90 Å². The maximum Gasteiger partial charge on any atom is 0.310 e. The molecular formula is C13H18ClN3O2. The zero-order valence-electron chi connectivity index (χ0n) is 11.2. The molecule has 0 aromatic heterocycles. The summed E-state index contributed by atoms with van der Waals surface area (Å²) in [7, 11) is 4.14. The molecule has 6 heteroatoms. The van der Waals surface area contributed by atoms with Crippen molar-refractivity contribution in [3.05, 3.63) is 33.3 Å². The van der Waals surface area contributed by atoms with E-state index >= 15 is 0 Å². The number of hydrogen-bond donors (Lipinski definition) is 0. The van der Waals surface area contributed by atoms with Crippen LogP contribution in [-0.2, 0) is 0 Å². The molecule has 1 aromatic rings. The number of benzene rings is 1. The van der Waals surface area contributed by atoms with Crippen molar-refractivity contribution in [2.24, 2.45) is 0 Å². The van der Waals surface area contributed by atoms with Gasteiger partial charge in [0, 0.05) is 19.1 Å². The van der Waals surface area contributed by atoms with E-state index < -0.39 is 4.92 Å². The van der Waals surface area contributed by atoms with Gasteiger partial charge in [0.15, 0.2) is 0 Å². The topological polar surface area (TPSA) is 49.6 Å². The van der Waals surface area contributed by atoms with Crippen LogP contribution in [0.15, 0.2) is 18.2 Å². The zero-order valence-corrected chi connectivity index (χ0v) is 11.9. The van der Waals surface area contributed by atoms with Crippen LogP contribution in [0.4, 0.5) is 11.4 Å². The summed E-state index contributed by atoms with van der Waals surface area (Å²) in [4.78, 5) is 15.0. The number of piperidine rings is 1. The number of nitro groups is 1. The molecule has 0 aliphatic carbocycles. The van der Waals surface area contributed by atoms with Gasteiger partial charge in [-0.2, -0.15) is 0 Å². The number of para-hydroxylation sites is 1. The summed E-state index contributed by atoms with van der Waals surface area (Å²) in [6.07, 6.45) is 2.02. The van der Waals surface area contributed by atoms with Crippen LogP contribution in [0.5, 0.6) is 0 Å². The fraction of sp³-hybridized carbons (Fsp3) is 0.538. The minimum absolute atomic E-state index is 0.0208. The van der Waals surface area contributed by atoms with Gasteiger partial charge < -0.3 is 9.80 Å². The lowest BCUT2D eigenvalue weighted by atomic mass is 10.0. The SMILES string of the molecule is CN(C)C1CCN(c2cccc(Cl)c2[N+](=O)[O-])CC1. The summed E-state index contributed by atoms with van der Waals surface area (Å²) in [6, 6.07) is 5.66. The van der Waals surface area contributed by atoms with Gasteiger partial charge in [-0.25, -0.2) is 0 Å². The third-order valence-electron chi connectivity index (χ3n) is 3.68. The summed E-state index contributed by atoms with van der Waals surface area (Å²) in [5.41, 5.74) is 0.655. The Morgan fingerprint density at radius 3 is 2.53 bits per heavy atom. The second-order valence-electron chi connectivity index (χ2n) is 5.05. The van der Waals surface area contributed by atoms with Gasteiger partial charge in [0.2, 0.25) is 0 Å². The van der Waals surface area contributed by atoms with E-state index in [0.717, 1.165) is 25.9 Å². The first-order valence-electron chi connectivity index (χ1n) is 6.35. The predicted molar refractivity (Wildman–Crippen MR) is 77.0 cm³/mol. The first-order valence-corrected chi connectivity index (χ1v) is 6.72. The van der Waals surface area contributed by atoms with E-state index in [2.05, 4.69) is 23.9 Å². The van der Waals surface area contributed by atoms with Crippen LogP contribution in [0.1, 0.15) is 12.8 Å². The van der Waals surface area contributed by atoms with E-state index in [4.69, 9.17) is 11.6 Å². The molecule has 0 radical (unpaired) electrons. The van der Waals surface area contributed by atoms with E-state index in [0.29, 0.717) is 11.7 Å². The fourth-order valence-electron chi connectivity index (χ4n) is 2.56. The molecule has 1 aromatic carbocycles. The predicted octanol–water partition coefficient (Wildman–Crippen LogP) is 2.78. The summed E-state index contributed by atoms with van der Waals surface area (Å²) < 4.78 is 0. The van der Waals surface area contributed by atoms with Crippen molar-refractivity contribution in [1.82, 2.24) is 4.90 Å². The molecule has 0 amide bonds. The van der Waals surface area contributed by atoms with Crippen LogP contribution in [0.25, 0.3) is 0 Å². The van der Waals surface area contributed by atoms with E-state index in [1.807, 2.05) is 0 Å². The lowest BCUT2D eigenvalue weighted by Crippen LogP contribution is -2.42. The first-order chi connectivity index (χ1) is 9.00. The highest BCUT2D eigenvalue weighted by Gasteiger charge is 2.27. The summed E-state index contributed by atoms with van der Waals surface area (Å²) in [5, 5.41) is 11.3. The molecule has 0 unspecified atom stereocenters. The molecule has 1 fully saturated rings. The Balaban J connectivity index is 2.20. The van der Waals surface area contributed by atoms with E-state index in [9.17, 15) is 10.1 Å². The Morgan fingerprint density at radius 2 is 2.00 bits per heavy atom. The summed E-state index contributed by atoms with van der Waals surface area (Å²) in [6.45, 7) is 1.65. The quantitative estimate of drug-likeness (QED) is 0.632. The molecule has 5 nitrogen and oxygen atoms in total. The molecule has 19 heavy (non-hydrogen) atoms. The Bertz CT molecular complexity index is 471. The standard InChI is InChI=1S/C13H18ClN3O2/c1-15(2)10-6-8-16(9-7-10)12-5-3-4-11(14)13(12)17(18)19/h3-5,10H,6-9H2,1-2H3. The van der Waals surface area contributed by atoms with Crippen LogP contribution >= 0.6 is 11.6 Å². The van der Waals surface area contributed by atoms with Gasteiger partial charge in [0.25, 0.3) is 0 Å². The number of anilines is 1. The van der Waals surface area contributed by atoms with Crippen molar-refractivity contribution in [3.8, 4) is 0 Å². The second-order valence-corrected chi connectivity index (χ2v) is 5.45. The molecule has 1 saturated heterocycles. The average Bonchev–Trinajstić information content (AvgIpc) is 2.38. The molecule has 1 heterocycles. The molecule has 0 N–H and O–H groups in total. The second kappa shape index (κ2) is 5.75. The number of rotatable bonds is 3. The third-order valence-corrected chi connectivity index (χ3v) is 3.99. The van der Waals surface area contributed by atoms with Gasteiger partial charge in [-0.1, -0.05) is 17.7 Å². The van der Waals surface area contributed by atoms with E-state index in [1.165, 1.54) is 0 Å². The highest BCUT2D eigenvalue weighted by molar-refractivity contribution is 6.33. The highest BCUT2D eigenvalue weighted by Crippen LogP contribution is 2.36. The van der Waals surface area contributed by atoms with Crippen LogP contribution in [0, 0.1) is 10.1 Å². The monoisotopic (exact) mass is 283 g/mol. The molecule has 0 saturated carbocycles. The summed E-state index contributed by atoms with van der Waals surface area (Å²) >= 11 is 5.95. The molecule has 0 bridgehead atoms. The van der Waals surface area contributed by atoms with Crippen molar-refractivity contribution in [2.75, 3.05) is 32.1 Å². The van der Waals surface area contributed by atoms with Crippen LogP contribution in [0.2, 0.25) is 5.02 Å². The normalized spacial score (nSPS) is 16.9. The minimum atomic E-state index is -0.393. The zero-order chi connectivity index (χ0) is 14.0. The number of halogens is 1. The van der Waals surface area contributed by atoms with E-state index in [-0.39, 0.29) is 10.7 Å². The number of nitro benzene ring substituents is 1. The minimum Gasteiger partial charge on any atom is -0.366 e. The van der Waals surface area contributed by atoms with Gasteiger partial charge in [-0.3, -0.25) is 10.1 Å². The van der Waals surface area contributed by atoms with Gasteiger partial charge in [0.05, 0.1) is 4.92 Å². The van der Waals surface area contributed by atoms with Crippen molar-refractivity contribution < 1.29 is 4.92 Å². The Morgan fingerprint density at radius 1 is 1.37 bits per heavy atom. The smallest absolute Gasteiger partial charge is 0.310 e. The van der Waals surface area contributed by atoms with Crippen molar-refractivity contribution in [2.45, 2.75) is 18.9 Å². The third kappa shape index (κ3) is 2.98. The number of hydrogen-bond acceptors (Lipinski definition) is 4. The van der Waals surface area contributed by atoms with Gasteiger partial charge in [-0.05, 0) is 39.1 Å². The maximum atomic E-state index is 11.1. The van der Waals surface area contributed by atoms with Gasteiger partial charge >= 0.3 is 5.69 Å². The lowest BCUT2D eigenvalue weighted by molar-refractivity contribution is -0.384. The van der Waals surface area contributed by atoms with Gasteiger partial charge in [0.1, 0.15) is 10.7 Å². The lowest BCUT2D eigenvalue weighted by Gasteiger charge is -2.36. The van der Waals surface area contributed by atoms with Crippen LogP contribution in [-0.4, -0.2) is 43.0 Å². The first kappa shape index (κ1) is 14.1. The van der Waals surface area contributed by atoms with Gasteiger partial charge in [-0.15, -0.1) is 0 Å². The summed E-state index contributed by atoms with van der Waals surface area (Å²) in [5.74, 6) is 0. The van der Waals surface area contributed by atoms with E-state index in [1.54, 1.807) is 18.2 Å². The molecule has 104 valence electrons. The largest absolute Gasteiger partial charge is 0.366 e. The molecule has 0 spiro atoms. The van der Waals surface area contributed by atoms with Crippen molar-refractivity contribution in [1.29, 1.82) is 0 Å². The Labute approximate surface area is 117 Å². The Hall–Kier alpha value is -1.33. The van der Waals surface area contributed by atoms with Crippen molar-refractivity contribution >= 4 is 23.0 Å². The number of nitrogens with zero attached hydrogens (tertiary/aromatic N) is 3. The average molecular weight is 284 g/mol. The Kier molecular flexibility index (Phi) is 4.27. The molecule has 0 atom stereocenters. The molecular weight excluding hydrogens is 266 g/mol. The van der Waals surface area contributed by atoms with Crippen molar-refractivity contribution in [3.63, 3.8) is 0 Å². The maximum absolute atomic E-state index is 11.1. The van der Waals surface area contributed by atoms with Crippen LogP contribution in [0.3, 0.4) is 0 Å². The highest BCUT2D eigenvalue weighted by atomic mass is 35.5. The molecule has 2 rings (SSSR count).